The Balaban J connectivity index is 2.57. The maximum absolute atomic E-state index is 13.3. The van der Waals surface area contributed by atoms with Crippen LogP contribution in [0.15, 0.2) is 29.4 Å². The van der Waals surface area contributed by atoms with Crippen molar-refractivity contribution in [2.45, 2.75) is 37.6 Å². The van der Waals surface area contributed by atoms with Crippen LogP contribution >= 0.6 is 11.8 Å². The van der Waals surface area contributed by atoms with Gasteiger partial charge in [0.2, 0.25) is 0 Å². The lowest BCUT2D eigenvalue weighted by molar-refractivity contribution is -0.136. The number of benzene rings is 1. The van der Waals surface area contributed by atoms with Gasteiger partial charge in [-0.05, 0) is 44.5 Å². The molecule has 6 nitrogen and oxygen atoms in total. The maximum atomic E-state index is 13.3. The van der Waals surface area contributed by atoms with Crippen LogP contribution in [0.2, 0.25) is 0 Å². The number of nitrogens with zero attached hydrogens (tertiary/aromatic N) is 2. The minimum atomic E-state index is -0.962. The van der Waals surface area contributed by atoms with E-state index in [9.17, 15) is 19.1 Å². The van der Waals surface area contributed by atoms with Crippen molar-refractivity contribution in [3.8, 4) is 11.3 Å². The molecule has 0 saturated carbocycles. The van der Waals surface area contributed by atoms with Crippen molar-refractivity contribution in [2.75, 3.05) is 6.61 Å². The molecule has 0 saturated heterocycles. The second kappa shape index (κ2) is 8.75. The zero-order chi connectivity index (χ0) is 19.3. The van der Waals surface area contributed by atoms with Crippen LogP contribution in [0.5, 0.6) is 0 Å². The van der Waals surface area contributed by atoms with Gasteiger partial charge in [-0.25, -0.2) is 19.2 Å². The molecular formula is C18H19FN2O4S. The molecule has 138 valence electrons. The Kier molecular flexibility index (Phi) is 6.68. The minimum absolute atomic E-state index is 0.186. The van der Waals surface area contributed by atoms with Crippen LogP contribution in [0, 0.1) is 12.7 Å². The Hall–Kier alpha value is -2.48. The third-order valence-corrected chi connectivity index (χ3v) is 4.77. The molecule has 2 aromatic rings. The molecule has 1 atom stereocenters. The fraction of sp³-hybridized carbons (Fsp3) is 0.333. The molecule has 0 spiro atoms. The second-order valence-corrected chi connectivity index (χ2v) is 6.57. The predicted molar refractivity (Wildman–Crippen MR) is 95.7 cm³/mol. The van der Waals surface area contributed by atoms with Crippen molar-refractivity contribution >= 4 is 23.7 Å². The third kappa shape index (κ3) is 4.57. The lowest BCUT2D eigenvalue weighted by Gasteiger charge is -2.14. The zero-order valence-electron chi connectivity index (χ0n) is 14.7. The van der Waals surface area contributed by atoms with Crippen molar-refractivity contribution in [1.29, 1.82) is 0 Å². The summed E-state index contributed by atoms with van der Waals surface area (Å²) in [6, 6.07) is 5.53. The van der Waals surface area contributed by atoms with Crippen LogP contribution in [0.25, 0.3) is 11.3 Å². The summed E-state index contributed by atoms with van der Waals surface area (Å²) in [5.74, 6) is -1.95. The lowest BCUT2D eigenvalue weighted by atomic mass is 10.0. The van der Waals surface area contributed by atoms with Crippen LogP contribution in [0.1, 0.15) is 36.3 Å². The van der Waals surface area contributed by atoms with Gasteiger partial charge in [0, 0.05) is 5.56 Å². The van der Waals surface area contributed by atoms with Gasteiger partial charge in [-0.1, -0.05) is 18.7 Å². The van der Waals surface area contributed by atoms with E-state index in [-0.39, 0.29) is 17.3 Å². The van der Waals surface area contributed by atoms with Gasteiger partial charge in [-0.15, -0.1) is 0 Å². The average molecular weight is 378 g/mol. The number of esters is 1. The number of rotatable bonds is 7. The van der Waals surface area contributed by atoms with Gasteiger partial charge in [0.15, 0.2) is 5.16 Å². The molecule has 0 amide bonds. The second-order valence-electron chi connectivity index (χ2n) is 5.40. The van der Waals surface area contributed by atoms with E-state index in [4.69, 9.17) is 4.74 Å². The lowest BCUT2D eigenvalue weighted by Crippen LogP contribution is -2.17. The fourth-order valence-corrected chi connectivity index (χ4v) is 3.16. The normalized spacial score (nSPS) is 11.8. The number of aromatic nitrogens is 2. The van der Waals surface area contributed by atoms with Gasteiger partial charge < -0.3 is 9.84 Å². The molecule has 0 aliphatic carbocycles. The van der Waals surface area contributed by atoms with Crippen LogP contribution in [0.4, 0.5) is 4.39 Å². The largest absolute Gasteiger partial charge is 0.480 e. The van der Waals surface area contributed by atoms with E-state index in [0.29, 0.717) is 23.4 Å². The molecule has 8 heteroatoms. The molecule has 0 fully saturated rings. The highest BCUT2D eigenvalue weighted by atomic mass is 32.2. The van der Waals surface area contributed by atoms with Crippen molar-refractivity contribution in [3.05, 3.63) is 41.3 Å². The number of carboxylic acid groups (broad SMARTS) is 1. The monoisotopic (exact) mass is 378 g/mol. The quantitative estimate of drug-likeness (QED) is 0.446. The molecule has 0 radical (unpaired) electrons. The number of aliphatic carboxylic acids is 1. The molecule has 1 N–H and O–H groups in total. The van der Waals surface area contributed by atoms with Crippen molar-refractivity contribution in [1.82, 2.24) is 9.97 Å². The highest BCUT2D eigenvalue weighted by molar-refractivity contribution is 8.00. The minimum Gasteiger partial charge on any atom is -0.480 e. The molecular weight excluding hydrogens is 359 g/mol. The number of thioether (sulfide) groups is 1. The molecule has 1 heterocycles. The Labute approximate surface area is 154 Å². The fourth-order valence-electron chi connectivity index (χ4n) is 2.30. The predicted octanol–water partition coefficient (Wildman–Crippen LogP) is 3.72. The Morgan fingerprint density at radius 2 is 1.88 bits per heavy atom. The smallest absolute Gasteiger partial charge is 0.342 e. The first-order valence-electron chi connectivity index (χ1n) is 8.08. The highest BCUT2D eigenvalue weighted by Gasteiger charge is 2.24. The van der Waals surface area contributed by atoms with Crippen molar-refractivity contribution in [3.63, 3.8) is 0 Å². The van der Waals surface area contributed by atoms with E-state index in [1.165, 1.54) is 24.3 Å². The van der Waals surface area contributed by atoms with Gasteiger partial charge in [-0.3, -0.25) is 4.79 Å². The summed E-state index contributed by atoms with van der Waals surface area (Å²) in [6.45, 7) is 5.27. The van der Waals surface area contributed by atoms with Gasteiger partial charge in [0.05, 0.1) is 18.0 Å². The molecule has 1 aromatic carbocycles. The molecule has 1 unspecified atom stereocenters. The van der Waals surface area contributed by atoms with Gasteiger partial charge in [0.25, 0.3) is 0 Å². The average Bonchev–Trinajstić information content (AvgIpc) is 2.59. The standard InChI is InChI=1S/C18H19FN2O4S/c1-4-13(16(22)23)26-18-20-10(3)14(17(24)25-5-2)15(21-18)11-6-8-12(19)9-7-11/h6-9,13H,4-5H2,1-3H3,(H,22,23). The van der Waals surface area contributed by atoms with E-state index < -0.39 is 23.0 Å². The van der Waals surface area contributed by atoms with E-state index >= 15 is 0 Å². The molecule has 0 aliphatic rings. The summed E-state index contributed by atoms with van der Waals surface area (Å²) < 4.78 is 18.3. The summed E-state index contributed by atoms with van der Waals surface area (Å²) >= 11 is 1.01. The van der Waals surface area contributed by atoms with Crippen LogP contribution in [-0.4, -0.2) is 38.9 Å². The number of aryl methyl sites for hydroxylation is 1. The summed E-state index contributed by atoms with van der Waals surface area (Å²) in [7, 11) is 0. The van der Waals surface area contributed by atoms with Gasteiger partial charge in [0.1, 0.15) is 16.6 Å². The Morgan fingerprint density at radius 3 is 2.42 bits per heavy atom. The molecule has 2 rings (SSSR count). The molecule has 1 aromatic heterocycles. The van der Waals surface area contributed by atoms with E-state index in [1.54, 1.807) is 20.8 Å². The first-order chi connectivity index (χ1) is 12.4. The van der Waals surface area contributed by atoms with Crippen molar-refractivity contribution in [2.24, 2.45) is 0 Å². The number of ether oxygens (including phenoxy) is 1. The van der Waals surface area contributed by atoms with Gasteiger partial charge in [-0.2, -0.15) is 0 Å². The van der Waals surface area contributed by atoms with Crippen molar-refractivity contribution < 1.29 is 23.8 Å². The van der Waals surface area contributed by atoms with Gasteiger partial charge >= 0.3 is 11.9 Å². The summed E-state index contributed by atoms with van der Waals surface area (Å²) in [6.07, 6.45) is 0.397. The summed E-state index contributed by atoms with van der Waals surface area (Å²) in [4.78, 5) is 32.3. The molecule has 0 aliphatic heterocycles. The number of carbonyl (C=O) groups is 2. The number of halogens is 1. The first kappa shape index (κ1) is 19.8. The third-order valence-electron chi connectivity index (χ3n) is 3.56. The summed E-state index contributed by atoms with van der Waals surface area (Å²) in [5, 5.41) is 8.78. The topological polar surface area (TPSA) is 89.4 Å². The number of carbonyl (C=O) groups excluding carboxylic acids is 1. The SMILES string of the molecule is CCOC(=O)c1c(C)nc(SC(CC)C(=O)O)nc1-c1ccc(F)cc1. The van der Waals surface area contributed by atoms with Crippen LogP contribution in [-0.2, 0) is 9.53 Å². The summed E-state index contributed by atoms with van der Waals surface area (Å²) in [5.41, 5.74) is 1.37. The number of hydrogen-bond acceptors (Lipinski definition) is 6. The Morgan fingerprint density at radius 1 is 1.23 bits per heavy atom. The Bertz CT molecular complexity index is 812. The number of carboxylic acids is 1. The molecule has 26 heavy (non-hydrogen) atoms. The maximum Gasteiger partial charge on any atom is 0.342 e. The zero-order valence-corrected chi connectivity index (χ0v) is 15.5. The highest BCUT2D eigenvalue weighted by Crippen LogP contribution is 2.30. The van der Waals surface area contributed by atoms with E-state index in [2.05, 4.69) is 9.97 Å². The number of hydrogen-bond donors (Lipinski definition) is 1. The van der Waals surface area contributed by atoms with E-state index in [1.807, 2.05) is 0 Å². The molecule has 0 bridgehead atoms. The first-order valence-corrected chi connectivity index (χ1v) is 8.96. The van der Waals surface area contributed by atoms with Crippen LogP contribution < -0.4 is 0 Å². The van der Waals surface area contributed by atoms with E-state index in [0.717, 1.165) is 11.8 Å². The van der Waals surface area contributed by atoms with Crippen LogP contribution in [0.3, 0.4) is 0 Å².